The summed E-state index contributed by atoms with van der Waals surface area (Å²) in [6, 6.07) is 7.73. The minimum Gasteiger partial charge on any atom is -0.494 e. The minimum atomic E-state index is -0.665. The van der Waals surface area contributed by atoms with E-state index < -0.39 is 17.8 Å². The van der Waals surface area contributed by atoms with E-state index >= 15 is 0 Å². The normalized spacial score (nSPS) is 26.0. The Labute approximate surface area is 165 Å². The molecule has 0 radical (unpaired) electrons. The Morgan fingerprint density at radius 2 is 1.71 bits per heavy atom. The number of amides is 4. The van der Waals surface area contributed by atoms with Crippen molar-refractivity contribution in [2.24, 2.45) is 0 Å². The van der Waals surface area contributed by atoms with Crippen LogP contribution in [0.5, 0.6) is 5.75 Å². The molecule has 2 saturated heterocycles. The third kappa shape index (κ3) is 3.39. The zero-order valence-electron chi connectivity index (χ0n) is 16.4. The average molecular weight is 386 g/mol. The van der Waals surface area contributed by atoms with Gasteiger partial charge in [-0.05, 0) is 44.0 Å². The lowest BCUT2D eigenvalue weighted by molar-refractivity contribution is -0.925. The van der Waals surface area contributed by atoms with Crippen LogP contribution in [0.2, 0.25) is 0 Å². The molecule has 1 aromatic rings. The standard InChI is InChI=1S/C21H27N3O4/c1-2-28-17-11-9-15(10-12-17)18-8-5-13-22(18)14-23-19(25)20(26)24(21(23)27)16-6-3-4-7-16/h9-12,16,18H,2-8,13-14H2,1H3/p+1/t18-/m0/s1. The van der Waals surface area contributed by atoms with Gasteiger partial charge in [-0.25, -0.2) is 9.69 Å². The number of ether oxygens (including phenoxy) is 1. The van der Waals surface area contributed by atoms with Crippen molar-refractivity contribution >= 4 is 17.8 Å². The van der Waals surface area contributed by atoms with Crippen LogP contribution in [0.4, 0.5) is 4.79 Å². The Morgan fingerprint density at radius 3 is 2.39 bits per heavy atom. The van der Waals surface area contributed by atoms with Crippen LogP contribution in [0.3, 0.4) is 0 Å². The molecule has 1 saturated carbocycles. The van der Waals surface area contributed by atoms with Crippen LogP contribution in [0.25, 0.3) is 0 Å². The average Bonchev–Trinajstić information content (AvgIpc) is 3.42. The van der Waals surface area contributed by atoms with E-state index in [1.54, 1.807) is 0 Å². The first-order chi connectivity index (χ1) is 13.6. The summed E-state index contributed by atoms with van der Waals surface area (Å²) in [5.74, 6) is -0.469. The van der Waals surface area contributed by atoms with E-state index in [0.29, 0.717) is 6.61 Å². The lowest BCUT2D eigenvalue weighted by Gasteiger charge is -2.26. The molecule has 4 rings (SSSR count). The van der Waals surface area contributed by atoms with Gasteiger partial charge in [0.2, 0.25) is 0 Å². The Morgan fingerprint density at radius 1 is 1.00 bits per heavy atom. The summed E-state index contributed by atoms with van der Waals surface area (Å²) in [5.41, 5.74) is 1.18. The van der Waals surface area contributed by atoms with Gasteiger partial charge in [-0.15, -0.1) is 0 Å². The Hall–Kier alpha value is -2.41. The van der Waals surface area contributed by atoms with Crippen molar-refractivity contribution in [3.8, 4) is 5.75 Å². The summed E-state index contributed by atoms with van der Waals surface area (Å²) in [5, 5.41) is 0. The third-order valence-electron chi connectivity index (χ3n) is 6.21. The Bertz CT molecular complexity index is 757. The molecule has 1 aromatic carbocycles. The monoisotopic (exact) mass is 386 g/mol. The second-order valence-electron chi connectivity index (χ2n) is 7.89. The van der Waals surface area contributed by atoms with Gasteiger partial charge in [-0.1, -0.05) is 12.8 Å². The number of quaternary nitrogens is 1. The minimum absolute atomic E-state index is 0.107. The number of nitrogens with zero attached hydrogens (tertiary/aromatic N) is 2. The van der Waals surface area contributed by atoms with Crippen molar-refractivity contribution in [2.75, 3.05) is 19.8 Å². The van der Waals surface area contributed by atoms with E-state index in [1.807, 2.05) is 19.1 Å². The summed E-state index contributed by atoms with van der Waals surface area (Å²) in [7, 11) is 0. The zero-order chi connectivity index (χ0) is 19.7. The highest BCUT2D eigenvalue weighted by Gasteiger charge is 2.50. The third-order valence-corrected chi connectivity index (χ3v) is 6.21. The molecule has 4 amide bonds. The van der Waals surface area contributed by atoms with E-state index in [0.717, 1.165) is 55.7 Å². The van der Waals surface area contributed by atoms with Crippen molar-refractivity contribution in [3.05, 3.63) is 29.8 Å². The first-order valence-electron chi connectivity index (χ1n) is 10.4. The number of benzene rings is 1. The highest BCUT2D eigenvalue weighted by Crippen LogP contribution is 2.28. The number of hydrogen-bond donors (Lipinski definition) is 1. The molecule has 0 aromatic heterocycles. The van der Waals surface area contributed by atoms with E-state index in [2.05, 4.69) is 12.1 Å². The molecular formula is C21H28N3O4+. The van der Waals surface area contributed by atoms with Gasteiger partial charge in [0.25, 0.3) is 0 Å². The van der Waals surface area contributed by atoms with Crippen LogP contribution < -0.4 is 9.64 Å². The maximum Gasteiger partial charge on any atom is 0.338 e. The molecule has 0 bridgehead atoms. The molecule has 2 atom stereocenters. The van der Waals surface area contributed by atoms with Gasteiger partial charge in [0.05, 0.1) is 13.2 Å². The predicted octanol–water partition coefficient (Wildman–Crippen LogP) is 1.50. The molecule has 1 aliphatic carbocycles. The van der Waals surface area contributed by atoms with E-state index in [9.17, 15) is 14.4 Å². The van der Waals surface area contributed by atoms with Crippen LogP contribution in [0.15, 0.2) is 24.3 Å². The van der Waals surface area contributed by atoms with Gasteiger partial charge >= 0.3 is 17.8 Å². The maximum atomic E-state index is 12.8. The maximum absolute atomic E-state index is 12.8. The molecule has 150 valence electrons. The number of rotatable bonds is 6. The fourth-order valence-electron chi connectivity index (χ4n) is 4.82. The molecular weight excluding hydrogens is 358 g/mol. The van der Waals surface area contributed by atoms with Crippen molar-refractivity contribution in [2.45, 2.75) is 57.5 Å². The molecule has 7 nitrogen and oxygen atoms in total. The lowest BCUT2D eigenvalue weighted by atomic mass is 10.0. The van der Waals surface area contributed by atoms with Crippen LogP contribution in [0.1, 0.15) is 57.1 Å². The fraction of sp³-hybridized carbons (Fsp3) is 0.571. The fourth-order valence-corrected chi connectivity index (χ4v) is 4.82. The second kappa shape index (κ2) is 7.91. The van der Waals surface area contributed by atoms with Crippen LogP contribution in [-0.2, 0) is 9.59 Å². The van der Waals surface area contributed by atoms with Gasteiger partial charge in [0.15, 0.2) is 6.67 Å². The molecule has 3 fully saturated rings. The molecule has 1 N–H and O–H groups in total. The number of imide groups is 2. The Kier molecular flexibility index (Phi) is 5.35. The van der Waals surface area contributed by atoms with Gasteiger partial charge in [0, 0.05) is 24.4 Å². The SMILES string of the molecule is CCOc1ccc([C@@H]2CCC[NH+]2CN2C(=O)C(=O)N(C3CCCC3)C2=O)cc1. The highest BCUT2D eigenvalue weighted by atomic mass is 16.5. The first-order valence-corrected chi connectivity index (χ1v) is 10.4. The lowest BCUT2D eigenvalue weighted by Crippen LogP contribution is -3.12. The van der Waals surface area contributed by atoms with Crippen LogP contribution >= 0.6 is 0 Å². The highest BCUT2D eigenvalue weighted by molar-refractivity contribution is 6.44. The summed E-state index contributed by atoms with van der Waals surface area (Å²) < 4.78 is 5.51. The number of nitrogens with one attached hydrogen (secondary N) is 1. The summed E-state index contributed by atoms with van der Waals surface area (Å²) in [6.07, 6.45) is 5.66. The summed E-state index contributed by atoms with van der Waals surface area (Å²) in [4.78, 5) is 41.3. The van der Waals surface area contributed by atoms with Crippen molar-refractivity contribution in [1.29, 1.82) is 0 Å². The first kappa shape index (κ1) is 18.9. The predicted molar refractivity (Wildman–Crippen MR) is 102 cm³/mol. The number of urea groups is 1. The van der Waals surface area contributed by atoms with E-state index in [4.69, 9.17) is 4.74 Å². The molecule has 28 heavy (non-hydrogen) atoms. The molecule has 7 heteroatoms. The molecule has 2 aliphatic heterocycles. The molecule has 3 aliphatic rings. The van der Waals surface area contributed by atoms with Crippen LogP contribution in [0, 0.1) is 0 Å². The quantitative estimate of drug-likeness (QED) is 0.594. The number of hydrogen-bond acceptors (Lipinski definition) is 4. The Balaban J connectivity index is 1.47. The smallest absolute Gasteiger partial charge is 0.338 e. The van der Waals surface area contributed by atoms with Gasteiger partial charge in [0.1, 0.15) is 11.8 Å². The zero-order valence-corrected chi connectivity index (χ0v) is 16.4. The summed E-state index contributed by atoms with van der Waals surface area (Å²) in [6.45, 7) is 3.72. The van der Waals surface area contributed by atoms with Gasteiger partial charge in [-0.2, -0.15) is 0 Å². The summed E-state index contributed by atoms with van der Waals surface area (Å²) >= 11 is 0. The molecule has 0 spiro atoms. The van der Waals surface area contributed by atoms with E-state index in [-0.39, 0.29) is 18.8 Å². The number of likely N-dealkylation sites (tertiary alicyclic amines) is 1. The van der Waals surface area contributed by atoms with Gasteiger partial charge < -0.3 is 9.64 Å². The van der Waals surface area contributed by atoms with Crippen molar-refractivity contribution in [3.63, 3.8) is 0 Å². The largest absolute Gasteiger partial charge is 0.494 e. The van der Waals surface area contributed by atoms with Crippen molar-refractivity contribution in [1.82, 2.24) is 9.80 Å². The second-order valence-corrected chi connectivity index (χ2v) is 7.89. The van der Waals surface area contributed by atoms with Gasteiger partial charge in [-0.3, -0.25) is 14.5 Å². The van der Waals surface area contributed by atoms with Crippen LogP contribution in [-0.4, -0.2) is 53.5 Å². The van der Waals surface area contributed by atoms with Crippen molar-refractivity contribution < 1.29 is 24.0 Å². The number of carbonyl (C=O) groups is 3. The topological polar surface area (TPSA) is 71.4 Å². The molecule has 2 heterocycles. The number of carbonyl (C=O) groups excluding carboxylic acids is 3. The van der Waals surface area contributed by atoms with E-state index in [1.165, 1.54) is 15.4 Å². The molecule has 1 unspecified atom stereocenters.